The number of nitrogens with zero attached hydrogens (tertiary/aromatic N) is 1. The zero-order valence-corrected chi connectivity index (χ0v) is 8.47. The van der Waals surface area contributed by atoms with E-state index in [4.69, 9.17) is 0 Å². The van der Waals surface area contributed by atoms with Crippen molar-refractivity contribution in [2.45, 2.75) is 12.8 Å². The molecular weight excluding hydrogens is 166 g/mol. The highest BCUT2D eigenvalue weighted by molar-refractivity contribution is 5.73. The van der Waals surface area contributed by atoms with Crippen LogP contribution in [0, 0.1) is 5.92 Å². The molecule has 0 bridgehead atoms. The quantitative estimate of drug-likeness (QED) is 0.648. The minimum absolute atomic E-state index is 0.0704. The highest BCUT2D eigenvalue weighted by Gasteiger charge is 2.16. The van der Waals surface area contributed by atoms with Crippen LogP contribution in [0.2, 0.25) is 0 Å². The van der Waals surface area contributed by atoms with E-state index in [1.807, 2.05) is 0 Å². The first-order chi connectivity index (χ1) is 6.22. The van der Waals surface area contributed by atoms with Crippen LogP contribution in [-0.4, -0.2) is 44.7 Å². The van der Waals surface area contributed by atoms with Crippen molar-refractivity contribution < 1.29 is 4.79 Å². The Morgan fingerprint density at radius 3 is 2.62 bits per heavy atom. The first kappa shape index (κ1) is 10.3. The SMILES string of the molecule is CNC(=O)NCC1CCN(C)CC1. The van der Waals surface area contributed by atoms with Crippen LogP contribution in [0.5, 0.6) is 0 Å². The van der Waals surface area contributed by atoms with Crippen molar-refractivity contribution in [3.8, 4) is 0 Å². The summed E-state index contributed by atoms with van der Waals surface area (Å²) in [5, 5.41) is 5.40. The van der Waals surface area contributed by atoms with Gasteiger partial charge in [-0.3, -0.25) is 0 Å². The van der Waals surface area contributed by atoms with Gasteiger partial charge < -0.3 is 15.5 Å². The molecule has 2 N–H and O–H groups in total. The summed E-state index contributed by atoms with van der Waals surface area (Å²) in [6.45, 7) is 3.12. The molecule has 1 aliphatic heterocycles. The molecule has 1 saturated heterocycles. The Labute approximate surface area is 79.7 Å². The second-order valence-electron chi connectivity index (χ2n) is 3.71. The van der Waals surface area contributed by atoms with E-state index in [0.717, 1.165) is 19.6 Å². The summed E-state index contributed by atoms with van der Waals surface area (Å²) in [7, 11) is 3.78. The van der Waals surface area contributed by atoms with Crippen LogP contribution in [0.25, 0.3) is 0 Å². The van der Waals surface area contributed by atoms with Gasteiger partial charge in [0.2, 0.25) is 0 Å². The summed E-state index contributed by atoms with van der Waals surface area (Å²) in [6.07, 6.45) is 2.39. The maximum Gasteiger partial charge on any atom is 0.314 e. The van der Waals surface area contributed by atoms with E-state index in [1.165, 1.54) is 12.8 Å². The van der Waals surface area contributed by atoms with Crippen LogP contribution >= 0.6 is 0 Å². The number of amides is 2. The molecule has 0 aromatic rings. The second-order valence-corrected chi connectivity index (χ2v) is 3.71. The third kappa shape index (κ3) is 3.63. The summed E-state index contributed by atoms with van der Waals surface area (Å²) in [5.74, 6) is 0.661. The summed E-state index contributed by atoms with van der Waals surface area (Å²) < 4.78 is 0. The summed E-state index contributed by atoms with van der Waals surface area (Å²) in [5.41, 5.74) is 0. The van der Waals surface area contributed by atoms with E-state index >= 15 is 0 Å². The van der Waals surface area contributed by atoms with Gasteiger partial charge in [-0.05, 0) is 38.9 Å². The fourth-order valence-electron chi connectivity index (χ4n) is 1.59. The molecule has 76 valence electrons. The molecular formula is C9H19N3O. The maximum absolute atomic E-state index is 10.9. The van der Waals surface area contributed by atoms with Gasteiger partial charge in [-0.2, -0.15) is 0 Å². The van der Waals surface area contributed by atoms with Crippen LogP contribution in [0.1, 0.15) is 12.8 Å². The number of urea groups is 1. The number of hydrogen-bond donors (Lipinski definition) is 2. The van der Waals surface area contributed by atoms with E-state index in [2.05, 4.69) is 22.6 Å². The number of hydrogen-bond acceptors (Lipinski definition) is 2. The van der Waals surface area contributed by atoms with E-state index in [0.29, 0.717) is 5.92 Å². The van der Waals surface area contributed by atoms with Crippen molar-refractivity contribution >= 4 is 6.03 Å². The third-order valence-electron chi connectivity index (χ3n) is 2.62. The topological polar surface area (TPSA) is 44.4 Å². The van der Waals surface area contributed by atoms with Gasteiger partial charge in [-0.25, -0.2) is 4.79 Å². The highest BCUT2D eigenvalue weighted by atomic mass is 16.2. The Hall–Kier alpha value is -0.770. The molecule has 13 heavy (non-hydrogen) atoms. The molecule has 0 unspecified atom stereocenters. The Balaban J connectivity index is 2.12. The normalized spacial score (nSPS) is 19.8. The van der Waals surface area contributed by atoms with Crippen LogP contribution in [-0.2, 0) is 0 Å². The zero-order valence-electron chi connectivity index (χ0n) is 8.47. The van der Waals surface area contributed by atoms with Crippen LogP contribution in [0.15, 0.2) is 0 Å². The number of carbonyl (C=O) groups is 1. The molecule has 1 fully saturated rings. The molecule has 0 aliphatic carbocycles. The molecule has 0 atom stereocenters. The van der Waals surface area contributed by atoms with Gasteiger partial charge in [-0.15, -0.1) is 0 Å². The first-order valence-electron chi connectivity index (χ1n) is 4.86. The molecule has 4 nitrogen and oxygen atoms in total. The van der Waals surface area contributed by atoms with Crippen LogP contribution in [0.4, 0.5) is 4.79 Å². The van der Waals surface area contributed by atoms with Crippen LogP contribution < -0.4 is 10.6 Å². The molecule has 0 saturated carbocycles. The van der Waals surface area contributed by atoms with Crippen molar-refractivity contribution in [2.75, 3.05) is 33.7 Å². The highest BCUT2D eigenvalue weighted by Crippen LogP contribution is 2.14. The average Bonchev–Trinajstić information content (AvgIpc) is 2.16. The van der Waals surface area contributed by atoms with Gasteiger partial charge in [0.15, 0.2) is 0 Å². The zero-order chi connectivity index (χ0) is 9.68. The minimum Gasteiger partial charge on any atom is -0.341 e. The summed E-state index contributed by atoms with van der Waals surface area (Å²) in [4.78, 5) is 13.2. The largest absolute Gasteiger partial charge is 0.341 e. The van der Waals surface area contributed by atoms with Gasteiger partial charge >= 0.3 is 6.03 Å². The molecule has 4 heteroatoms. The predicted octanol–water partition coefficient (Wildman–Crippen LogP) is 0.257. The lowest BCUT2D eigenvalue weighted by atomic mass is 9.97. The Kier molecular flexibility index (Phi) is 4.02. The van der Waals surface area contributed by atoms with E-state index in [1.54, 1.807) is 7.05 Å². The standard InChI is InChI=1S/C9H19N3O/c1-10-9(13)11-7-8-3-5-12(2)6-4-8/h8H,3-7H2,1-2H3,(H2,10,11,13). The Morgan fingerprint density at radius 2 is 2.08 bits per heavy atom. The molecule has 0 aromatic heterocycles. The smallest absolute Gasteiger partial charge is 0.314 e. The molecule has 0 spiro atoms. The van der Waals surface area contributed by atoms with Gasteiger partial charge in [0.25, 0.3) is 0 Å². The lowest BCUT2D eigenvalue weighted by Crippen LogP contribution is -2.39. The van der Waals surface area contributed by atoms with Crippen molar-refractivity contribution in [3.63, 3.8) is 0 Å². The molecule has 1 rings (SSSR count). The maximum atomic E-state index is 10.9. The number of rotatable bonds is 2. The molecule has 0 radical (unpaired) electrons. The minimum atomic E-state index is -0.0704. The Morgan fingerprint density at radius 1 is 1.46 bits per heavy atom. The molecule has 0 aromatic carbocycles. The first-order valence-corrected chi connectivity index (χ1v) is 4.86. The van der Waals surface area contributed by atoms with E-state index < -0.39 is 0 Å². The van der Waals surface area contributed by atoms with Gasteiger partial charge in [0.1, 0.15) is 0 Å². The average molecular weight is 185 g/mol. The third-order valence-corrected chi connectivity index (χ3v) is 2.62. The monoisotopic (exact) mass is 185 g/mol. The Bertz CT molecular complexity index is 164. The fourth-order valence-corrected chi connectivity index (χ4v) is 1.59. The molecule has 1 aliphatic rings. The van der Waals surface area contributed by atoms with Gasteiger partial charge in [0, 0.05) is 13.6 Å². The summed E-state index contributed by atoms with van der Waals surface area (Å²) in [6, 6.07) is -0.0704. The number of likely N-dealkylation sites (tertiary alicyclic amines) is 1. The van der Waals surface area contributed by atoms with Crippen molar-refractivity contribution in [2.24, 2.45) is 5.92 Å². The van der Waals surface area contributed by atoms with Crippen molar-refractivity contribution in [1.29, 1.82) is 0 Å². The van der Waals surface area contributed by atoms with Crippen molar-refractivity contribution in [3.05, 3.63) is 0 Å². The fraction of sp³-hybridized carbons (Fsp3) is 0.889. The van der Waals surface area contributed by atoms with E-state index in [-0.39, 0.29) is 6.03 Å². The van der Waals surface area contributed by atoms with E-state index in [9.17, 15) is 4.79 Å². The number of carbonyl (C=O) groups excluding carboxylic acids is 1. The van der Waals surface area contributed by atoms with Gasteiger partial charge in [0.05, 0.1) is 0 Å². The van der Waals surface area contributed by atoms with Gasteiger partial charge in [-0.1, -0.05) is 0 Å². The lowest BCUT2D eigenvalue weighted by Gasteiger charge is -2.28. The summed E-state index contributed by atoms with van der Waals surface area (Å²) >= 11 is 0. The molecule has 2 amide bonds. The van der Waals surface area contributed by atoms with Crippen LogP contribution in [0.3, 0.4) is 0 Å². The lowest BCUT2D eigenvalue weighted by molar-refractivity contribution is 0.210. The molecule has 1 heterocycles. The predicted molar refractivity (Wildman–Crippen MR) is 52.7 cm³/mol. The number of nitrogens with one attached hydrogen (secondary N) is 2. The second kappa shape index (κ2) is 5.07. The van der Waals surface area contributed by atoms with Crippen molar-refractivity contribution in [1.82, 2.24) is 15.5 Å². The number of piperidine rings is 1.